The molecule has 0 amide bonds. The molecule has 1 N–H and O–H groups in total. The van der Waals surface area contributed by atoms with Gasteiger partial charge in [0.05, 0.1) is 29.6 Å². The van der Waals surface area contributed by atoms with Crippen molar-refractivity contribution in [3.63, 3.8) is 0 Å². The molecule has 1 aliphatic rings. The molecule has 2 aromatic heterocycles. The molecule has 1 atom stereocenters. The lowest BCUT2D eigenvalue weighted by Crippen LogP contribution is -2.43. The van der Waals surface area contributed by atoms with Gasteiger partial charge in [0, 0.05) is 38.9 Å². The molecule has 0 aromatic carbocycles. The molecule has 0 spiro atoms. The maximum absolute atomic E-state index is 11.7. The Kier molecular flexibility index (Phi) is 5.32. The van der Waals surface area contributed by atoms with Crippen LogP contribution in [-0.2, 0) is 11.8 Å². The maximum atomic E-state index is 11.7. The van der Waals surface area contributed by atoms with Gasteiger partial charge in [0.15, 0.2) is 0 Å². The number of morpholine rings is 1. The molecule has 0 bridgehead atoms. The van der Waals surface area contributed by atoms with Gasteiger partial charge in [0.2, 0.25) is 0 Å². The first-order valence-corrected chi connectivity index (χ1v) is 8.25. The number of aromatic nitrogens is 3. The summed E-state index contributed by atoms with van der Waals surface area (Å²) in [6, 6.07) is 5.27. The lowest BCUT2D eigenvalue weighted by atomic mass is 10.2. The van der Waals surface area contributed by atoms with E-state index in [2.05, 4.69) is 20.3 Å². The van der Waals surface area contributed by atoms with Crippen LogP contribution in [0.2, 0.25) is 5.02 Å². The van der Waals surface area contributed by atoms with Gasteiger partial charge in [-0.05, 0) is 18.6 Å². The summed E-state index contributed by atoms with van der Waals surface area (Å²) in [4.78, 5) is 18.1. The van der Waals surface area contributed by atoms with Gasteiger partial charge in [-0.2, -0.15) is 5.10 Å². The molecule has 0 aliphatic carbocycles. The molecule has 1 saturated heterocycles. The molecule has 3 heterocycles. The van der Waals surface area contributed by atoms with Crippen LogP contribution in [0.3, 0.4) is 0 Å². The van der Waals surface area contributed by atoms with Crippen molar-refractivity contribution >= 4 is 23.1 Å². The molecule has 1 aliphatic heterocycles. The van der Waals surface area contributed by atoms with Crippen LogP contribution in [0, 0.1) is 0 Å². The van der Waals surface area contributed by atoms with E-state index in [0.29, 0.717) is 11.6 Å². The number of nitrogens with one attached hydrogen (secondary N) is 1. The number of anilines is 2. The average molecular weight is 350 g/mol. The highest BCUT2D eigenvalue weighted by atomic mass is 35.5. The Morgan fingerprint density at radius 3 is 3.04 bits per heavy atom. The third-order valence-corrected chi connectivity index (χ3v) is 4.18. The topological polar surface area (TPSA) is 72.3 Å². The van der Waals surface area contributed by atoms with Crippen molar-refractivity contribution < 1.29 is 4.74 Å². The van der Waals surface area contributed by atoms with Gasteiger partial charge in [0.25, 0.3) is 5.56 Å². The van der Waals surface area contributed by atoms with Crippen LogP contribution in [0.1, 0.15) is 6.42 Å². The minimum absolute atomic E-state index is 0.0996. The Labute approximate surface area is 145 Å². The normalized spacial score (nSPS) is 17.8. The van der Waals surface area contributed by atoms with Crippen molar-refractivity contribution in [2.75, 3.05) is 36.5 Å². The summed E-state index contributed by atoms with van der Waals surface area (Å²) in [5.41, 5.74) is 0.741. The van der Waals surface area contributed by atoms with Crippen LogP contribution in [0.25, 0.3) is 0 Å². The van der Waals surface area contributed by atoms with E-state index in [-0.39, 0.29) is 11.7 Å². The first-order chi connectivity index (χ1) is 11.6. The summed E-state index contributed by atoms with van der Waals surface area (Å²) in [5.74, 6) is 0.794. The highest BCUT2D eigenvalue weighted by Crippen LogP contribution is 2.16. The second kappa shape index (κ2) is 7.63. The molecule has 24 heavy (non-hydrogen) atoms. The van der Waals surface area contributed by atoms with Crippen LogP contribution >= 0.6 is 11.6 Å². The summed E-state index contributed by atoms with van der Waals surface area (Å²) in [6.45, 7) is 2.89. The van der Waals surface area contributed by atoms with Crippen molar-refractivity contribution in [2.24, 2.45) is 7.05 Å². The van der Waals surface area contributed by atoms with Crippen molar-refractivity contribution in [1.29, 1.82) is 0 Å². The van der Waals surface area contributed by atoms with Crippen LogP contribution in [-0.4, -0.2) is 47.1 Å². The zero-order valence-corrected chi connectivity index (χ0v) is 14.2. The number of halogens is 1. The van der Waals surface area contributed by atoms with Crippen molar-refractivity contribution in [1.82, 2.24) is 14.8 Å². The standard InChI is InChI=1S/C16H20ClN5O2/c1-21-16(23)8-13(10-20-21)22-6-7-24-14(11-22)4-5-18-15-3-2-12(17)9-19-15/h2-3,8-10,14H,4-7,11H2,1H3,(H,18,19). The summed E-state index contributed by atoms with van der Waals surface area (Å²) >= 11 is 5.82. The fraction of sp³-hybridized carbons (Fsp3) is 0.438. The van der Waals surface area contributed by atoms with Gasteiger partial charge in [0.1, 0.15) is 5.82 Å². The molecule has 128 valence electrons. The minimum Gasteiger partial charge on any atom is -0.374 e. The van der Waals surface area contributed by atoms with E-state index >= 15 is 0 Å². The van der Waals surface area contributed by atoms with E-state index in [4.69, 9.17) is 16.3 Å². The monoisotopic (exact) mass is 349 g/mol. The molecule has 7 nitrogen and oxygen atoms in total. The van der Waals surface area contributed by atoms with E-state index in [9.17, 15) is 4.79 Å². The fourth-order valence-electron chi connectivity index (χ4n) is 2.60. The zero-order chi connectivity index (χ0) is 16.9. The number of hydrogen-bond donors (Lipinski definition) is 1. The van der Waals surface area contributed by atoms with E-state index in [1.807, 2.05) is 6.07 Å². The second-order valence-electron chi connectivity index (χ2n) is 5.69. The molecular weight excluding hydrogens is 330 g/mol. The number of nitrogens with zero attached hydrogens (tertiary/aromatic N) is 4. The van der Waals surface area contributed by atoms with Crippen LogP contribution < -0.4 is 15.8 Å². The Morgan fingerprint density at radius 1 is 1.42 bits per heavy atom. The van der Waals surface area contributed by atoms with Gasteiger partial charge in [-0.1, -0.05) is 11.6 Å². The number of hydrogen-bond acceptors (Lipinski definition) is 6. The van der Waals surface area contributed by atoms with E-state index in [0.717, 1.165) is 37.6 Å². The number of pyridine rings is 1. The SMILES string of the molecule is Cn1ncc(N2CCOC(CCNc3ccc(Cl)cn3)C2)cc1=O. The fourth-order valence-corrected chi connectivity index (χ4v) is 2.71. The number of rotatable bonds is 5. The molecule has 0 saturated carbocycles. The van der Waals surface area contributed by atoms with Gasteiger partial charge < -0.3 is 15.0 Å². The number of aryl methyl sites for hydroxylation is 1. The van der Waals surface area contributed by atoms with Gasteiger partial charge in [-0.3, -0.25) is 4.79 Å². The lowest BCUT2D eigenvalue weighted by molar-refractivity contribution is 0.0374. The lowest BCUT2D eigenvalue weighted by Gasteiger charge is -2.34. The van der Waals surface area contributed by atoms with Crippen molar-refractivity contribution in [2.45, 2.75) is 12.5 Å². The third-order valence-electron chi connectivity index (χ3n) is 3.96. The summed E-state index contributed by atoms with van der Waals surface area (Å²) in [6.07, 6.45) is 4.28. The Balaban J connectivity index is 1.52. The highest BCUT2D eigenvalue weighted by molar-refractivity contribution is 6.30. The molecule has 3 rings (SSSR count). The minimum atomic E-state index is -0.106. The first kappa shape index (κ1) is 16.7. The van der Waals surface area contributed by atoms with E-state index in [1.54, 1.807) is 31.6 Å². The Hall–Kier alpha value is -2.12. The van der Waals surface area contributed by atoms with Gasteiger partial charge >= 0.3 is 0 Å². The Bertz CT molecular complexity index is 734. The molecule has 2 aromatic rings. The number of ether oxygens (including phenoxy) is 1. The van der Waals surface area contributed by atoms with Gasteiger partial charge in [-0.25, -0.2) is 9.67 Å². The summed E-state index contributed by atoms with van der Waals surface area (Å²) in [7, 11) is 1.64. The quantitative estimate of drug-likeness (QED) is 0.882. The highest BCUT2D eigenvalue weighted by Gasteiger charge is 2.21. The Morgan fingerprint density at radius 2 is 2.29 bits per heavy atom. The van der Waals surface area contributed by atoms with E-state index in [1.165, 1.54) is 4.68 Å². The zero-order valence-electron chi connectivity index (χ0n) is 13.5. The van der Waals surface area contributed by atoms with Crippen molar-refractivity contribution in [3.8, 4) is 0 Å². The average Bonchev–Trinajstić information content (AvgIpc) is 2.59. The molecular formula is C16H20ClN5O2. The molecule has 0 radical (unpaired) electrons. The van der Waals surface area contributed by atoms with Crippen LogP contribution in [0.4, 0.5) is 11.5 Å². The summed E-state index contributed by atoms with van der Waals surface area (Å²) < 4.78 is 7.14. The molecule has 1 fully saturated rings. The van der Waals surface area contributed by atoms with Crippen molar-refractivity contribution in [3.05, 3.63) is 46.0 Å². The first-order valence-electron chi connectivity index (χ1n) is 7.87. The van der Waals surface area contributed by atoms with Crippen LogP contribution in [0.15, 0.2) is 35.4 Å². The molecule has 1 unspecified atom stereocenters. The third kappa shape index (κ3) is 4.24. The van der Waals surface area contributed by atoms with Gasteiger partial charge in [-0.15, -0.1) is 0 Å². The maximum Gasteiger partial charge on any atom is 0.268 e. The largest absolute Gasteiger partial charge is 0.374 e. The summed E-state index contributed by atoms with van der Waals surface area (Å²) in [5, 5.41) is 7.95. The van der Waals surface area contributed by atoms with E-state index < -0.39 is 0 Å². The second-order valence-corrected chi connectivity index (χ2v) is 6.13. The molecule has 8 heteroatoms. The smallest absolute Gasteiger partial charge is 0.268 e. The van der Waals surface area contributed by atoms with Crippen LogP contribution in [0.5, 0.6) is 0 Å². The predicted octanol–water partition coefficient (Wildman–Crippen LogP) is 1.54. The predicted molar refractivity (Wildman–Crippen MR) is 93.8 cm³/mol.